The van der Waals surface area contributed by atoms with Gasteiger partial charge >= 0.3 is 0 Å². The van der Waals surface area contributed by atoms with Crippen LogP contribution in [0.15, 0.2) is 12.3 Å². The van der Waals surface area contributed by atoms with E-state index in [1.54, 1.807) is 6.07 Å². The normalized spacial score (nSPS) is 24.0. The Morgan fingerprint density at radius 3 is 2.76 bits per heavy atom. The molecule has 0 aromatic carbocycles. The minimum atomic E-state index is -0.508. The van der Waals surface area contributed by atoms with E-state index >= 15 is 0 Å². The van der Waals surface area contributed by atoms with Crippen molar-refractivity contribution in [2.75, 3.05) is 17.2 Å². The predicted molar refractivity (Wildman–Crippen MR) is 67.8 cm³/mol. The third-order valence-electron chi connectivity index (χ3n) is 3.26. The smallest absolute Gasteiger partial charge is 0.250 e. The molecule has 17 heavy (non-hydrogen) atoms. The van der Waals surface area contributed by atoms with Crippen LogP contribution in [0.25, 0.3) is 0 Å². The number of primary amides is 1. The highest BCUT2D eigenvalue weighted by atomic mass is 16.1. The molecule has 2 rings (SSSR count). The number of amides is 1. The summed E-state index contributed by atoms with van der Waals surface area (Å²) in [6, 6.07) is 2.12. The van der Waals surface area contributed by atoms with E-state index in [4.69, 9.17) is 11.5 Å². The van der Waals surface area contributed by atoms with Crippen molar-refractivity contribution in [1.82, 2.24) is 4.98 Å². The second-order valence-corrected chi connectivity index (χ2v) is 4.84. The van der Waals surface area contributed by atoms with Crippen molar-refractivity contribution in [3.05, 3.63) is 17.8 Å². The maximum Gasteiger partial charge on any atom is 0.250 e. The van der Waals surface area contributed by atoms with Gasteiger partial charge in [0, 0.05) is 12.6 Å². The Balaban J connectivity index is 2.34. The van der Waals surface area contributed by atoms with Crippen LogP contribution in [-0.4, -0.2) is 23.5 Å². The Morgan fingerprint density at radius 1 is 1.53 bits per heavy atom. The number of anilines is 2. The number of hydrogen-bond donors (Lipinski definition) is 2. The van der Waals surface area contributed by atoms with Crippen LogP contribution in [0.1, 0.15) is 30.6 Å². The summed E-state index contributed by atoms with van der Waals surface area (Å²) in [5, 5.41) is 0. The lowest BCUT2D eigenvalue weighted by Crippen LogP contribution is -2.28. The number of carbonyl (C=O) groups excluding carboxylic acids is 1. The van der Waals surface area contributed by atoms with E-state index in [2.05, 4.69) is 23.7 Å². The highest BCUT2D eigenvalue weighted by Crippen LogP contribution is 2.28. The van der Waals surface area contributed by atoms with Crippen molar-refractivity contribution in [2.45, 2.75) is 26.3 Å². The van der Waals surface area contributed by atoms with Gasteiger partial charge in [0.2, 0.25) is 0 Å². The Kier molecular flexibility index (Phi) is 2.92. The Morgan fingerprint density at radius 2 is 2.24 bits per heavy atom. The second kappa shape index (κ2) is 4.24. The van der Waals surface area contributed by atoms with Gasteiger partial charge in [0.05, 0.1) is 17.4 Å². The number of carbonyl (C=O) groups is 1. The van der Waals surface area contributed by atoms with Crippen LogP contribution in [0.3, 0.4) is 0 Å². The maximum absolute atomic E-state index is 11.2. The number of nitrogen functional groups attached to an aromatic ring is 1. The van der Waals surface area contributed by atoms with E-state index in [0.717, 1.165) is 18.8 Å². The first kappa shape index (κ1) is 11.7. The molecule has 92 valence electrons. The molecule has 0 spiro atoms. The first-order valence-corrected chi connectivity index (χ1v) is 5.81. The van der Waals surface area contributed by atoms with Crippen molar-refractivity contribution >= 4 is 17.4 Å². The van der Waals surface area contributed by atoms with Gasteiger partial charge < -0.3 is 16.4 Å². The molecule has 0 saturated carbocycles. The van der Waals surface area contributed by atoms with Gasteiger partial charge in [0.1, 0.15) is 5.82 Å². The average molecular weight is 234 g/mol. The van der Waals surface area contributed by atoms with E-state index in [0.29, 0.717) is 23.2 Å². The number of rotatable bonds is 2. The van der Waals surface area contributed by atoms with Gasteiger partial charge in [-0.25, -0.2) is 4.98 Å². The molecule has 1 aromatic rings. The molecular weight excluding hydrogens is 216 g/mol. The van der Waals surface area contributed by atoms with Crippen molar-refractivity contribution in [1.29, 1.82) is 0 Å². The molecule has 1 aliphatic heterocycles. The maximum atomic E-state index is 11.2. The first-order chi connectivity index (χ1) is 7.99. The summed E-state index contributed by atoms with van der Waals surface area (Å²) in [6.45, 7) is 5.32. The molecule has 5 heteroatoms. The Labute approximate surface area is 101 Å². The van der Waals surface area contributed by atoms with Gasteiger partial charge in [0.15, 0.2) is 0 Å². The number of hydrogen-bond acceptors (Lipinski definition) is 4. The minimum absolute atomic E-state index is 0.334. The number of nitrogens with two attached hydrogens (primary N) is 2. The summed E-state index contributed by atoms with van der Waals surface area (Å²) in [4.78, 5) is 17.7. The predicted octanol–water partition coefficient (Wildman–Crippen LogP) is 0.997. The highest BCUT2D eigenvalue weighted by Gasteiger charge is 2.27. The van der Waals surface area contributed by atoms with Crippen molar-refractivity contribution in [3.8, 4) is 0 Å². The van der Waals surface area contributed by atoms with Crippen LogP contribution in [0.5, 0.6) is 0 Å². The molecule has 0 aliphatic carbocycles. The lowest BCUT2D eigenvalue weighted by Gasteiger charge is -2.23. The standard InChI is InChI=1S/C12H18N4O/c1-7-3-8(2)16(6-7)11-4-9(12(14)17)10(13)5-15-11/h4-5,7-8H,3,6,13H2,1-2H3,(H2,14,17). The molecule has 4 N–H and O–H groups in total. The summed E-state index contributed by atoms with van der Waals surface area (Å²) in [6.07, 6.45) is 2.64. The fourth-order valence-corrected chi connectivity index (χ4v) is 2.44. The van der Waals surface area contributed by atoms with Crippen LogP contribution < -0.4 is 16.4 Å². The van der Waals surface area contributed by atoms with Gasteiger partial charge in [-0.3, -0.25) is 4.79 Å². The molecule has 0 radical (unpaired) electrons. The first-order valence-electron chi connectivity index (χ1n) is 5.81. The lowest BCUT2D eigenvalue weighted by atomic mass is 10.1. The zero-order valence-corrected chi connectivity index (χ0v) is 10.2. The Bertz CT molecular complexity index is 446. The number of pyridine rings is 1. The highest BCUT2D eigenvalue weighted by molar-refractivity contribution is 5.98. The van der Waals surface area contributed by atoms with Gasteiger partial charge in [0.25, 0.3) is 5.91 Å². The molecule has 0 bridgehead atoms. The molecule has 1 fully saturated rings. The summed E-state index contributed by atoms with van der Waals surface area (Å²) in [7, 11) is 0. The van der Waals surface area contributed by atoms with Crippen LogP contribution in [0.4, 0.5) is 11.5 Å². The van der Waals surface area contributed by atoms with E-state index in [1.807, 2.05) is 0 Å². The molecule has 2 atom stereocenters. The summed E-state index contributed by atoms with van der Waals surface area (Å²) in [5.41, 5.74) is 11.6. The van der Waals surface area contributed by atoms with E-state index in [1.165, 1.54) is 6.20 Å². The minimum Gasteiger partial charge on any atom is -0.397 e. The monoisotopic (exact) mass is 234 g/mol. The molecule has 2 heterocycles. The molecule has 5 nitrogen and oxygen atoms in total. The number of nitrogens with zero attached hydrogens (tertiary/aromatic N) is 2. The molecule has 1 aliphatic rings. The average Bonchev–Trinajstić information content (AvgIpc) is 2.58. The number of aromatic nitrogens is 1. The van der Waals surface area contributed by atoms with Crippen LogP contribution in [0, 0.1) is 5.92 Å². The lowest BCUT2D eigenvalue weighted by molar-refractivity contribution is 0.100. The fraction of sp³-hybridized carbons (Fsp3) is 0.500. The van der Waals surface area contributed by atoms with Gasteiger partial charge in [-0.05, 0) is 25.3 Å². The van der Waals surface area contributed by atoms with Crippen molar-refractivity contribution < 1.29 is 4.79 Å². The van der Waals surface area contributed by atoms with Crippen LogP contribution in [-0.2, 0) is 0 Å². The van der Waals surface area contributed by atoms with Gasteiger partial charge in [-0.2, -0.15) is 0 Å². The molecule has 2 unspecified atom stereocenters. The molecule has 1 aromatic heterocycles. The Hall–Kier alpha value is -1.78. The fourth-order valence-electron chi connectivity index (χ4n) is 2.44. The van der Waals surface area contributed by atoms with Crippen LogP contribution >= 0.6 is 0 Å². The zero-order valence-electron chi connectivity index (χ0n) is 10.2. The third kappa shape index (κ3) is 2.18. The summed E-state index contributed by atoms with van der Waals surface area (Å²) < 4.78 is 0. The van der Waals surface area contributed by atoms with E-state index in [-0.39, 0.29) is 0 Å². The van der Waals surface area contributed by atoms with E-state index < -0.39 is 5.91 Å². The zero-order chi connectivity index (χ0) is 12.6. The van der Waals surface area contributed by atoms with Crippen molar-refractivity contribution in [3.63, 3.8) is 0 Å². The second-order valence-electron chi connectivity index (χ2n) is 4.84. The topological polar surface area (TPSA) is 85.2 Å². The van der Waals surface area contributed by atoms with Gasteiger partial charge in [-0.1, -0.05) is 6.92 Å². The summed E-state index contributed by atoms with van der Waals surface area (Å²) in [5.74, 6) is 0.914. The quantitative estimate of drug-likeness (QED) is 0.799. The molecule has 1 saturated heterocycles. The molecular formula is C12H18N4O. The van der Waals surface area contributed by atoms with E-state index in [9.17, 15) is 4.79 Å². The van der Waals surface area contributed by atoms with Gasteiger partial charge in [-0.15, -0.1) is 0 Å². The van der Waals surface area contributed by atoms with Crippen LogP contribution in [0.2, 0.25) is 0 Å². The third-order valence-corrected chi connectivity index (χ3v) is 3.26. The SMILES string of the molecule is CC1CC(C)N(c2cc(C(N)=O)c(N)cn2)C1. The molecule has 1 amide bonds. The largest absolute Gasteiger partial charge is 0.397 e. The summed E-state index contributed by atoms with van der Waals surface area (Å²) >= 11 is 0. The van der Waals surface area contributed by atoms with Crippen molar-refractivity contribution in [2.24, 2.45) is 11.7 Å².